The van der Waals surface area contributed by atoms with E-state index in [0.717, 1.165) is 19.3 Å². The predicted octanol–water partition coefficient (Wildman–Crippen LogP) is 2.86. The Kier molecular flexibility index (Phi) is 5.73. The zero-order valence-electron chi connectivity index (χ0n) is 10.9. The zero-order valence-corrected chi connectivity index (χ0v) is 10.9. The van der Waals surface area contributed by atoms with Crippen molar-refractivity contribution in [1.82, 2.24) is 0 Å². The Hall–Kier alpha value is -0.120. The van der Waals surface area contributed by atoms with Crippen molar-refractivity contribution in [2.24, 2.45) is 0 Å². The highest BCUT2D eigenvalue weighted by Gasteiger charge is 2.33. The van der Waals surface area contributed by atoms with Crippen LogP contribution in [0.4, 0.5) is 0 Å². The van der Waals surface area contributed by atoms with Crippen molar-refractivity contribution < 1.29 is 14.6 Å². The topological polar surface area (TPSA) is 38.7 Å². The largest absolute Gasteiger partial charge is 0.388 e. The van der Waals surface area contributed by atoms with Crippen LogP contribution in [0.25, 0.3) is 0 Å². The van der Waals surface area contributed by atoms with Crippen molar-refractivity contribution in [3.63, 3.8) is 0 Å². The lowest BCUT2D eigenvalue weighted by Gasteiger charge is -2.36. The fourth-order valence-corrected chi connectivity index (χ4v) is 2.01. The molecule has 1 heterocycles. The van der Waals surface area contributed by atoms with Gasteiger partial charge in [-0.25, -0.2) is 0 Å². The molecule has 1 rings (SSSR count). The number of rotatable bonds is 6. The standard InChI is InChI=1S/C13H26O3/c1-4-5-6-7-8-12-15-10-9-11(16-12)13(2,3)14/h11-12,14H,4-10H2,1-3H3/t11-,12-/m0/s1. The van der Waals surface area contributed by atoms with E-state index in [1.165, 1.54) is 19.3 Å². The van der Waals surface area contributed by atoms with E-state index >= 15 is 0 Å². The minimum atomic E-state index is -0.758. The van der Waals surface area contributed by atoms with Gasteiger partial charge in [0.1, 0.15) is 0 Å². The summed E-state index contributed by atoms with van der Waals surface area (Å²) >= 11 is 0. The average Bonchev–Trinajstić information content (AvgIpc) is 2.24. The third kappa shape index (κ3) is 4.81. The molecule has 1 aliphatic rings. The van der Waals surface area contributed by atoms with E-state index in [-0.39, 0.29) is 12.4 Å². The Labute approximate surface area is 99.1 Å². The van der Waals surface area contributed by atoms with E-state index in [9.17, 15) is 5.11 Å². The molecule has 2 atom stereocenters. The highest BCUT2D eigenvalue weighted by molar-refractivity contribution is 4.80. The molecule has 1 saturated heterocycles. The molecule has 0 spiro atoms. The van der Waals surface area contributed by atoms with Crippen molar-refractivity contribution in [2.45, 2.75) is 77.3 Å². The van der Waals surface area contributed by atoms with Crippen molar-refractivity contribution in [2.75, 3.05) is 6.61 Å². The van der Waals surface area contributed by atoms with Gasteiger partial charge in [-0.2, -0.15) is 0 Å². The van der Waals surface area contributed by atoms with Crippen LogP contribution in [0.5, 0.6) is 0 Å². The molecular weight excluding hydrogens is 204 g/mol. The molecule has 1 fully saturated rings. The highest BCUT2D eigenvalue weighted by atomic mass is 16.7. The van der Waals surface area contributed by atoms with Gasteiger partial charge >= 0.3 is 0 Å². The monoisotopic (exact) mass is 230 g/mol. The second-order valence-corrected chi connectivity index (χ2v) is 5.22. The van der Waals surface area contributed by atoms with Crippen molar-refractivity contribution >= 4 is 0 Å². The lowest BCUT2D eigenvalue weighted by molar-refractivity contribution is -0.250. The van der Waals surface area contributed by atoms with Gasteiger partial charge in [-0.3, -0.25) is 0 Å². The van der Waals surface area contributed by atoms with Gasteiger partial charge in [-0.15, -0.1) is 0 Å². The van der Waals surface area contributed by atoms with E-state index in [1.54, 1.807) is 13.8 Å². The molecule has 16 heavy (non-hydrogen) atoms. The van der Waals surface area contributed by atoms with Gasteiger partial charge in [0.15, 0.2) is 6.29 Å². The van der Waals surface area contributed by atoms with Crippen LogP contribution < -0.4 is 0 Å². The van der Waals surface area contributed by atoms with Gasteiger partial charge in [0.25, 0.3) is 0 Å². The first-order chi connectivity index (χ1) is 7.54. The van der Waals surface area contributed by atoms with Crippen LogP contribution in [0.3, 0.4) is 0 Å². The smallest absolute Gasteiger partial charge is 0.158 e. The molecule has 3 nitrogen and oxygen atoms in total. The summed E-state index contributed by atoms with van der Waals surface area (Å²) in [4.78, 5) is 0. The maximum atomic E-state index is 9.89. The number of hydrogen-bond acceptors (Lipinski definition) is 3. The number of unbranched alkanes of at least 4 members (excludes halogenated alkanes) is 3. The molecule has 0 aromatic rings. The van der Waals surface area contributed by atoms with E-state index in [1.807, 2.05) is 0 Å². The second-order valence-electron chi connectivity index (χ2n) is 5.22. The first-order valence-electron chi connectivity index (χ1n) is 6.53. The van der Waals surface area contributed by atoms with Gasteiger partial charge in [-0.1, -0.05) is 26.2 Å². The third-order valence-corrected chi connectivity index (χ3v) is 3.08. The second kappa shape index (κ2) is 6.58. The first-order valence-corrected chi connectivity index (χ1v) is 6.53. The molecule has 0 saturated carbocycles. The molecule has 0 aromatic heterocycles. The molecule has 1 N–H and O–H groups in total. The van der Waals surface area contributed by atoms with Crippen LogP contribution in [0.2, 0.25) is 0 Å². The molecule has 0 unspecified atom stereocenters. The number of hydrogen-bond donors (Lipinski definition) is 1. The molecule has 0 bridgehead atoms. The summed E-state index contributed by atoms with van der Waals surface area (Å²) in [7, 11) is 0. The van der Waals surface area contributed by atoms with Crippen LogP contribution in [-0.2, 0) is 9.47 Å². The Morgan fingerprint density at radius 1 is 1.25 bits per heavy atom. The van der Waals surface area contributed by atoms with E-state index in [4.69, 9.17) is 9.47 Å². The van der Waals surface area contributed by atoms with E-state index in [2.05, 4.69) is 6.92 Å². The van der Waals surface area contributed by atoms with E-state index < -0.39 is 5.60 Å². The minimum Gasteiger partial charge on any atom is -0.388 e. The van der Waals surface area contributed by atoms with Crippen LogP contribution in [-0.4, -0.2) is 29.7 Å². The molecule has 0 aliphatic carbocycles. The summed E-state index contributed by atoms with van der Waals surface area (Å²) in [5.74, 6) is 0. The third-order valence-electron chi connectivity index (χ3n) is 3.08. The summed E-state index contributed by atoms with van der Waals surface area (Å²) < 4.78 is 11.3. The molecule has 1 aliphatic heterocycles. The maximum Gasteiger partial charge on any atom is 0.158 e. The minimum absolute atomic E-state index is 0.0857. The lowest BCUT2D eigenvalue weighted by Crippen LogP contribution is -2.45. The first kappa shape index (κ1) is 13.9. The summed E-state index contributed by atoms with van der Waals surface area (Å²) in [6.45, 7) is 6.51. The SMILES string of the molecule is CCCCCC[C@H]1OCC[C@@H](C(C)(C)O)O1. The zero-order chi connectivity index (χ0) is 12.0. The Morgan fingerprint density at radius 3 is 2.62 bits per heavy atom. The summed E-state index contributed by atoms with van der Waals surface area (Å²) in [6, 6.07) is 0. The van der Waals surface area contributed by atoms with Gasteiger partial charge in [0.2, 0.25) is 0 Å². The van der Waals surface area contributed by atoms with Crippen molar-refractivity contribution in [1.29, 1.82) is 0 Å². The van der Waals surface area contributed by atoms with Crippen molar-refractivity contribution in [3.05, 3.63) is 0 Å². The quantitative estimate of drug-likeness (QED) is 0.713. The lowest BCUT2D eigenvalue weighted by atomic mass is 9.98. The van der Waals surface area contributed by atoms with Gasteiger partial charge in [-0.05, 0) is 33.1 Å². The van der Waals surface area contributed by atoms with Gasteiger partial charge < -0.3 is 14.6 Å². The fraction of sp³-hybridized carbons (Fsp3) is 1.00. The highest BCUT2D eigenvalue weighted by Crippen LogP contribution is 2.24. The maximum absolute atomic E-state index is 9.89. The van der Waals surface area contributed by atoms with Crippen LogP contribution in [0.1, 0.15) is 59.3 Å². The molecular formula is C13H26O3. The van der Waals surface area contributed by atoms with E-state index in [0.29, 0.717) is 6.61 Å². The molecule has 96 valence electrons. The molecule has 0 radical (unpaired) electrons. The Balaban J connectivity index is 2.23. The van der Waals surface area contributed by atoms with Crippen LogP contribution in [0, 0.1) is 0 Å². The average molecular weight is 230 g/mol. The Morgan fingerprint density at radius 2 is 2.00 bits per heavy atom. The number of aliphatic hydroxyl groups is 1. The van der Waals surface area contributed by atoms with Crippen LogP contribution >= 0.6 is 0 Å². The predicted molar refractivity (Wildman–Crippen MR) is 64.3 cm³/mol. The van der Waals surface area contributed by atoms with Crippen LogP contribution in [0.15, 0.2) is 0 Å². The normalized spacial score (nSPS) is 27.0. The molecule has 0 aromatic carbocycles. The van der Waals surface area contributed by atoms with Gasteiger partial charge in [0.05, 0.1) is 18.3 Å². The molecule has 3 heteroatoms. The fourth-order valence-electron chi connectivity index (χ4n) is 2.01. The van der Waals surface area contributed by atoms with Gasteiger partial charge in [0, 0.05) is 0 Å². The summed E-state index contributed by atoms with van der Waals surface area (Å²) in [6.07, 6.45) is 6.46. The van der Waals surface area contributed by atoms with Crippen molar-refractivity contribution in [3.8, 4) is 0 Å². The summed E-state index contributed by atoms with van der Waals surface area (Å²) in [5, 5.41) is 9.89. The number of ether oxygens (including phenoxy) is 2. The Bertz CT molecular complexity index is 186. The molecule has 0 amide bonds. The summed E-state index contributed by atoms with van der Waals surface area (Å²) in [5.41, 5.74) is -0.758.